The van der Waals surface area contributed by atoms with E-state index < -0.39 is 0 Å². The zero-order chi connectivity index (χ0) is 14.4. The van der Waals surface area contributed by atoms with Crippen molar-refractivity contribution < 1.29 is 4.74 Å². The summed E-state index contributed by atoms with van der Waals surface area (Å²) in [6.45, 7) is 5.01. The summed E-state index contributed by atoms with van der Waals surface area (Å²) < 4.78 is 5.88. The lowest BCUT2D eigenvalue weighted by molar-refractivity contribution is 0.209. The van der Waals surface area contributed by atoms with Gasteiger partial charge in [0.1, 0.15) is 16.3 Å². The van der Waals surface area contributed by atoms with Gasteiger partial charge in [-0.05, 0) is 32.8 Å². The Bertz CT molecular complexity index is 658. The largest absolute Gasteiger partial charge is 0.493 e. The predicted octanol–water partition coefficient (Wildman–Crippen LogP) is 3.54. The Morgan fingerprint density at radius 2 is 2.10 bits per heavy atom. The van der Waals surface area contributed by atoms with Crippen LogP contribution in [0.25, 0.3) is 0 Å². The molecule has 1 aliphatic carbocycles. The van der Waals surface area contributed by atoms with Crippen LogP contribution < -0.4 is 10.1 Å². The second-order valence-corrected chi connectivity index (χ2v) is 7.28. The Hall–Kier alpha value is -1.39. The highest BCUT2D eigenvalue weighted by molar-refractivity contribution is 7.11. The molecule has 0 saturated heterocycles. The van der Waals surface area contributed by atoms with Crippen LogP contribution >= 0.6 is 11.3 Å². The van der Waals surface area contributed by atoms with Crippen LogP contribution in [0.15, 0.2) is 24.3 Å². The van der Waals surface area contributed by atoms with Gasteiger partial charge in [-0.3, -0.25) is 5.32 Å². The van der Waals surface area contributed by atoms with Gasteiger partial charge in [0.2, 0.25) is 0 Å². The SMILES string of the molecule is Cc1nc(C2(NC3CC3)CCOc3ccccc32)sc1C. The third-order valence-electron chi connectivity index (χ3n) is 4.50. The lowest BCUT2D eigenvalue weighted by Crippen LogP contribution is -2.48. The fourth-order valence-corrected chi connectivity index (χ4v) is 4.17. The molecule has 2 heterocycles. The second-order valence-electron chi connectivity index (χ2n) is 6.08. The predicted molar refractivity (Wildman–Crippen MR) is 85.1 cm³/mol. The van der Waals surface area contributed by atoms with E-state index in [0.717, 1.165) is 24.5 Å². The highest BCUT2D eigenvalue weighted by atomic mass is 32.1. The van der Waals surface area contributed by atoms with Crippen molar-refractivity contribution in [1.82, 2.24) is 10.3 Å². The van der Waals surface area contributed by atoms with E-state index in [1.165, 1.54) is 28.3 Å². The first-order chi connectivity index (χ1) is 10.2. The van der Waals surface area contributed by atoms with Crippen molar-refractivity contribution in [1.29, 1.82) is 0 Å². The van der Waals surface area contributed by atoms with Crippen molar-refractivity contribution in [3.8, 4) is 5.75 Å². The van der Waals surface area contributed by atoms with Gasteiger partial charge in [0, 0.05) is 22.9 Å². The topological polar surface area (TPSA) is 34.2 Å². The molecule has 2 aromatic rings. The highest BCUT2D eigenvalue weighted by Gasteiger charge is 2.45. The van der Waals surface area contributed by atoms with Crippen LogP contribution in [0.2, 0.25) is 0 Å². The van der Waals surface area contributed by atoms with Crippen molar-refractivity contribution in [2.45, 2.75) is 44.7 Å². The number of hydrogen-bond acceptors (Lipinski definition) is 4. The maximum absolute atomic E-state index is 5.88. The van der Waals surface area contributed by atoms with Crippen LogP contribution in [0, 0.1) is 13.8 Å². The Balaban J connectivity index is 1.88. The maximum atomic E-state index is 5.88. The van der Waals surface area contributed by atoms with E-state index >= 15 is 0 Å². The van der Waals surface area contributed by atoms with Crippen molar-refractivity contribution in [3.63, 3.8) is 0 Å². The Labute approximate surface area is 129 Å². The van der Waals surface area contributed by atoms with E-state index in [-0.39, 0.29) is 5.54 Å². The Morgan fingerprint density at radius 1 is 1.29 bits per heavy atom. The van der Waals surface area contributed by atoms with Gasteiger partial charge in [0.25, 0.3) is 0 Å². The van der Waals surface area contributed by atoms with E-state index in [9.17, 15) is 0 Å². The first-order valence-corrected chi connectivity index (χ1v) is 8.45. The molecule has 3 nitrogen and oxygen atoms in total. The molecule has 1 unspecified atom stereocenters. The van der Waals surface area contributed by atoms with E-state index in [0.29, 0.717) is 6.04 Å². The smallest absolute Gasteiger partial charge is 0.124 e. The number of para-hydroxylation sites is 1. The minimum Gasteiger partial charge on any atom is -0.493 e. The zero-order valence-electron chi connectivity index (χ0n) is 12.5. The lowest BCUT2D eigenvalue weighted by atomic mass is 9.84. The van der Waals surface area contributed by atoms with Crippen LogP contribution in [0.5, 0.6) is 5.75 Å². The summed E-state index contributed by atoms with van der Waals surface area (Å²) in [6, 6.07) is 9.04. The van der Waals surface area contributed by atoms with Crippen LogP contribution in [0.1, 0.15) is 40.4 Å². The molecular formula is C17H20N2OS. The molecule has 0 radical (unpaired) electrons. The van der Waals surface area contributed by atoms with Gasteiger partial charge in [0.15, 0.2) is 0 Å². The van der Waals surface area contributed by atoms with Crippen LogP contribution in [-0.2, 0) is 5.54 Å². The van der Waals surface area contributed by atoms with E-state index in [4.69, 9.17) is 9.72 Å². The summed E-state index contributed by atoms with van der Waals surface area (Å²) in [5.41, 5.74) is 2.23. The normalized spacial score (nSPS) is 24.5. The van der Waals surface area contributed by atoms with Gasteiger partial charge in [-0.1, -0.05) is 18.2 Å². The van der Waals surface area contributed by atoms with Crippen molar-refractivity contribution in [3.05, 3.63) is 45.4 Å². The summed E-state index contributed by atoms with van der Waals surface area (Å²) in [4.78, 5) is 6.20. The third-order valence-corrected chi connectivity index (χ3v) is 5.74. The minimum atomic E-state index is -0.167. The van der Waals surface area contributed by atoms with E-state index in [1.807, 2.05) is 17.4 Å². The van der Waals surface area contributed by atoms with Crippen LogP contribution in [0.3, 0.4) is 0 Å². The fraction of sp³-hybridized carbons (Fsp3) is 0.471. The molecule has 1 aromatic carbocycles. The summed E-state index contributed by atoms with van der Waals surface area (Å²) >= 11 is 1.82. The van der Waals surface area contributed by atoms with Gasteiger partial charge in [-0.15, -0.1) is 11.3 Å². The number of hydrogen-bond donors (Lipinski definition) is 1. The Kier molecular flexibility index (Phi) is 3.05. The number of aromatic nitrogens is 1. The molecule has 0 bridgehead atoms. The molecule has 1 saturated carbocycles. The van der Waals surface area contributed by atoms with Gasteiger partial charge >= 0.3 is 0 Å². The van der Waals surface area contributed by atoms with Gasteiger partial charge < -0.3 is 4.74 Å². The number of nitrogens with zero attached hydrogens (tertiary/aromatic N) is 1. The molecule has 2 aliphatic rings. The molecule has 4 heteroatoms. The third kappa shape index (κ3) is 2.17. The first kappa shape index (κ1) is 13.3. The quantitative estimate of drug-likeness (QED) is 0.941. The summed E-state index contributed by atoms with van der Waals surface area (Å²) in [5.74, 6) is 1.00. The molecule has 1 aliphatic heterocycles. The Morgan fingerprint density at radius 3 is 2.81 bits per heavy atom. The summed E-state index contributed by atoms with van der Waals surface area (Å²) in [7, 11) is 0. The molecule has 1 atom stereocenters. The monoisotopic (exact) mass is 300 g/mol. The molecule has 1 fully saturated rings. The first-order valence-electron chi connectivity index (χ1n) is 7.63. The zero-order valence-corrected chi connectivity index (χ0v) is 13.3. The highest BCUT2D eigenvalue weighted by Crippen LogP contribution is 2.45. The number of ether oxygens (including phenoxy) is 1. The number of benzene rings is 1. The average molecular weight is 300 g/mol. The minimum absolute atomic E-state index is 0.167. The number of fused-ring (bicyclic) bond motifs is 1. The van der Waals surface area contributed by atoms with Gasteiger partial charge in [-0.2, -0.15) is 0 Å². The van der Waals surface area contributed by atoms with Gasteiger partial charge in [0.05, 0.1) is 12.3 Å². The number of thiazole rings is 1. The van der Waals surface area contributed by atoms with Crippen molar-refractivity contribution in [2.75, 3.05) is 6.61 Å². The second kappa shape index (κ2) is 4.82. The molecule has 0 amide bonds. The molecule has 0 spiro atoms. The molecule has 110 valence electrons. The van der Waals surface area contributed by atoms with Crippen LogP contribution in [-0.4, -0.2) is 17.6 Å². The van der Waals surface area contributed by atoms with E-state index in [1.54, 1.807) is 0 Å². The molecular weight excluding hydrogens is 280 g/mol. The number of nitrogens with one attached hydrogen (secondary N) is 1. The summed E-state index contributed by atoms with van der Waals surface area (Å²) in [5, 5.41) is 5.08. The average Bonchev–Trinajstić information content (AvgIpc) is 3.24. The lowest BCUT2D eigenvalue weighted by Gasteiger charge is -2.38. The fourth-order valence-electron chi connectivity index (χ4n) is 3.06. The van der Waals surface area contributed by atoms with Gasteiger partial charge in [-0.25, -0.2) is 4.98 Å². The number of aryl methyl sites for hydroxylation is 2. The van der Waals surface area contributed by atoms with Crippen LogP contribution in [0.4, 0.5) is 0 Å². The standard InChI is InChI=1S/C17H20N2OS/c1-11-12(2)21-16(18-11)17(19-13-7-8-13)9-10-20-15-6-4-3-5-14(15)17/h3-6,13,19H,7-10H2,1-2H3. The molecule has 21 heavy (non-hydrogen) atoms. The summed E-state index contributed by atoms with van der Waals surface area (Å²) in [6.07, 6.45) is 3.50. The molecule has 1 aromatic heterocycles. The molecule has 1 N–H and O–H groups in total. The van der Waals surface area contributed by atoms with Crippen molar-refractivity contribution in [2.24, 2.45) is 0 Å². The van der Waals surface area contributed by atoms with E-state index in [2.05, 4.69) is 37.4 Å². The molecule has 4 rings (SSSR count). The number of rotatable bonds is 3. The van der Waals surface area contributed by atoms with Crippen molar-refractivity contribution >= 4 is 11.3 Å². The maximum Gasteiger partial charge on any atom is 0.124 e.